The third kappa shape index (κ3) is 2.59. The Balaban J connectivity index is 1.79. The molecule has 2 aromatic rings. The van der Waals surface area contributed by atoms with E-state index < -0.39 is 5.41 Å². The minimum atomic E-state index is -0.455. The number of nitrogens with one attached hydrogen (secondary N) is 1. The van der Waals surface area contributed by atoms with Gasteiger partial charge in [-0.05, 0) is 50.1 Å². The summed E-state index contributed by atoms with van der Waals surface area (Å²) in [6.45, 7) is 1.97. The molecule has 0 saturated heterocycles. The first-order valence-electron chi connectivity index (χ1n) is 7.40. The molecule has 1 aliphatic carbocycles. The van der Waals surface area contributed by atoms with Crippen LogP contribution in [0.1, 0.15) is 26.2 Å². The van der Waals surface area contributed by atoms with E-state index in [4.69, 9.17) is 5.73 Å². The van der Waals surface area contributed by atoms with Crippen LogP contribution < -0.4 is 11.1 Å². The van der Waals surface area contributed by atoms with Crippen LogP contribution in [-0.4, -0.2) is 16.5 Å². The van der Waals surface area contributed by atoms with E-state index in [2.05, 4.69) is 5.32 Å². The fraction of sp³-hybridized carbons (Fsp3) is 0.353. The number of carbonyl (C=O) groups excluding carboxylic acids is 1. The van der Waals surface area contributed by atoms with Crippen LogP contribution in [0.5, 0.6) is 0 Å². The zero-order valence-electron chi connectivity index (χ0n) is 12.3. The summed E-state index contributed by atoms with van der Waals surface area (Å²) in [4.78, 5) is 12.5. The van der Waals surface area contributed by atoms with Gasteiger partial charge in [-0.3, -0.25) is 4.79 Å². The standard InChI is InChI=1S/C17H21N3O/c1-17(9-5-8-15(17)18)16(21)19-13-6-4-7-14(12-13)20-10-2-3-11-20/h2-4,6-7,10-12,15H,5,8-9,18H2,1H3,(H,19,21). The SMILES string of the molecule is CC1(C(=O)Nc2cccc(-n3cccc3)c2)CCCC1N. The molecule has 1 fully saturated rings. The lowest BCUT2D eigenvalue weighted by molar-refractivity contribution is -0.125. The molecule has 0 bridgehead atoms. The van der Waals surface area contributed by atoms with E-state index in [0.29, 0.717) is 0 Å². The van der Waals surface area contributed by atoms with Crippen molar-refractivity contribution in [1.82, 2.24) is 4.57 Å². The summed E-state index contributed by atoms with van der Waals surface area (Å²) in [7, 11) is 0. The van der Waals surface area contributed by atoms with E-state index in [0.717, 1.165) is 30.6 Å². The molecule has 0 radical (unpaired) electrons. The highest BCUT2D eigenvalue weighted by Gasteiger charge is 2.42. The number of nitrogens with two attached hydrogens (primary N) is 1. The molecule has 1 aromatic carbocycles. The van der Waals surface area contributed by atoms with Gasteiger partial charge in [-0.2, -0.15) is 0 Å². The number of rotatable bonds is 3. The molecule has 3 N–H and O–H groups in total. The highest BCUT2D eigenvalue weighted by atomic mass is 16.2. The monoisotopic (exact) mass is 283 g/mol. The molecular weight excluding hydrogens is 262 g/mol. The summed E-state index contributed by atoms with van der Waals surface area (Å²) >= 11 is 0. The number of hydrogen-bond acceptors (Lipinski definition) is 2. The molecule has 2 unspecified atom stereocenters. The molecule has 4 nitrogen and oxygen atoms in total. The van der Waals surface area contributed by atoms with Crippen LogP contribution in [0.4, 0.5) is 5.69 Å². The Morgan fingerprint density at radius 2 is 2.10 bits per heavy atom. The maximum Gasteiger partial charge on any atom is 0.231 e. The highest BCUT2D eigenvalue weighted by molar-refractivity contribution is 5.96. The van der Waals surface area contributed by atoms with Gasteiger partial charge in [-0.25, -0.2) is 0 Å². The molecule has 1 saturated carbocycles. The Bertz CT molecular complexity index is 635. The minimum Gasteiger partial charge on any atom is -0.327 e. The van der Waals surface area contributed by atoms with Gasteiger partial charge in [0.1, 0.15) is 0 Å². The Morgan fingerprint density at radius 3 is 2.76 bits per heavy atom. The summed E-state index contributed by atoms with van der Waals surface area (Å²) in [5.74, 6) is 0.0251. The second-order valence-corrected chi connectivity index (χ2v) is 6.01. The van der Waals surface area contributed by atoms with E-state index in [1.807, 2.05) is 60.3 Å². The van der Waals surface area contributed by atoms with Crippen molar-refractivity contribution < 1.29 is 4.79 Å². The second kappa shape index (κ2) is 5.37. The van der Waals surface area contributed by atoms with Crippen LogP contribution >= 0.6 is 0 Å². The van der Waals surface area contributed by atoms with Gasteiger partial charge in [0.25, 0.3) is 0 Å². The van der Waals surface area contributed by atoms with E-state index >= 15 is 0 Å². The fourth-order valence-corrected chi connectivity index (χ4v) is 3.00. The van der Waals surface area contributed by atoms with Gasteiger partial charge < -0.3 is 15.6 Å². The normalized spacial score (nSPS) is 25.0. The van der Waals surface area contributed by atoms with Crippen molar-refractivity contribution in [1.29, 1.82) is 0 Å². The number of amides is 1. The first kappa shape index (κ1) is 13.9. The van der Waals surface area contributed by atoms with Crippen molar-refractivity contribution in [2.24, 2.45) is 11.1 Å². The van der Waals surface area contributed by atoms with Gasteiger partial charge in [-0.15, -0.1) is 0 Å². The molecular formula is C17H21N3O. The van der Waals surface area contributed by atoms with Crippen molar-refractivity contribution in [2.75, 3.05) is 5.32 Å². The van der Waals surface area contributed by atoms with Crippen molar-refractivity contribution in [2.45, 2.75) is 32.2 Å². The summed E-state index contributed by atoms with van der Waals surface area (Å²) < 4.78 is 2.01. The van der Waals surface area contributed by atoms with E-state index in [-0.39, 0.29) is 11.9 Å². The van der Waals surface area contributed by atoms with Gasteiger partial charge in [0.05, 0.1) is 5.41 Å². The number of carbonyl (C=O) groups is 1. The number of benzene rings is 1. The summed E-state index contributed by atoms with van der Waals surface area (Å²) in [6, 6.07) is 11.7. The van der Waals surface area contributed by atoms with Crippen molar-refractivity contribution in [3.8, 4) is 5.69 Å². The first-order chi connectivity index (χ1) is 10.1. The van der Waals surface area contributed by atoms with Gasteiger partial charge >= 0.3 is 0 Å². The Hall–Kier alpha value is -2.07. The zero-order valence-corrected chi connectivity index (χ0v) is 12.3. The number of aromatic nitrogens is 1. The van der Waals surface area contributed by atoms with E-state index in [1.54, 1.807) is 0 Å². The quantitative estimate of drug-likeness (QED) is 0.910. The Labute approximate surface area is 125 Å². The van der Waals surface area contributed by atoms with Gasteiger partial charge in [0.15, 0.2) is 0 Å². The van der Waals surface area contributed by atoms with Crippen LogP contribution in [0.3, 0.4) is 0 Å². The number of hydrogen-bond donors (Lipinski definition) is 2. The van der Waals surface area contributed by atoms with Gasteiger partial charge in [0, 0.05) is 29.8 Å². The predicted octanol–water partition coefficient (Wildman–Crippen LogP) is 2.93. The summed E-state index contributed by atoms with van der Waals surface area (Å²) in [5.41, 5.74) is 7.49. The molecule has 1 aliphatic rings. The van der Waals surface area contributed by atoms with Crippen LogP contribution in [0.25, 0.3) is 5.69 Å². The van der Waals surface area contributed by atoms with Crippen LogP contribution in [0.15, 0.2) is 48.8 Å². The third-order valence-corrected chi connectivity index (χ3v) is 4.55. The average Bonchev–Trinajstić information content (AvgIpc) is 3.11. The third-order valence-electron chi connectivity index (χ3n) is 4.55. The van der Waals surface area contributed by atoms with Crippen LogP contribution in [-0.2, 0) is 4.79 Å². The largest absolute Gasteiger partial charge is 0.327 e. The maximum absolute atomic E-state index is 12.5. The molecule has 0 aliphatic heterocycles. The predicted molar refractivity (Wildman–Crippen MR) is 84.3 cm³/mol. The molecule has 4 heteroatoms. The van der Waals surface area contributed by atoms with E-state index in [1.165, 1.54) is 0 Å². The molecule has 21 heavy (non-hydrogen) atoms. The number of anilines is 1. The topological polar surface area (TPSA) is 60.0 Å². The molecule has 110 valence electrons. The zero-order chi connectivity index (χ0) is 14.9. The first-order valence-corrected chi connectivity index (χ1v) is 7.40. The molecule has 0 spiro atoms. The van der Waals surface area contributed by atoms with Crippen molar-refractivity contribution in [3.63, 3.8) is 0 Å². The molecule has 1 aromatic heterocycles. The number of nitrogens with zero attached hydrogens (tertiary/aromatic N) is 1. The van der Waals surface area contributed by atoms with Crippen molar-refractivity contribution >= 4 is 11.6 Å². The van der Waals surface area contributed by atoms with Gasteiger partial charge in [0.2, 0.25) is 5.91 Å². The second-order valence-electron chi connectivity index (χ2n) is 6.01. The smallest absolute Gasteiger partial charge is 0.231 e. The molecule has 2 atom stereocenters. The van der Waals surface area contributed by atoms with Gasteiger partial charge in [-0.1, -0.05) is 12.5 Å². The van der Waals surface area contributed by atoms with E-state index in [9.17, 15) is 4.79 Å². The lowest BCUT2D eigenvalue weighted by atomic mass is 9.84. The minimum absolute atomic E-state index is 0.0251. The lowest BCUT2D eigenvalue weighted by Crippen LogP contribution is -2.44. The Kier molecular flexibility index (Phi) is 3.55. The summed E-state index contributed by atoms with van der Waals surface area (Å²) in [6.07, 6.45) is 6.77. The lowest BCUT2D eigenvalue weighted by Gasteiger charge is -2.27. The summed E-state index contributed by atoms with van der Waals surface area (Å²) in [5, 5.41) is 3.02. The highest BCUT2D eigenvalue weighted by Crippen LogP contribution is 2.37. The van der Waals surface area contributed by atoms with Crippen LogP contribution in [0.2, 0.25) is 0 Å². The van der Waals surface area contributed by atoms with Crippen molar-refractivity contribution in [3.05, 3.63) is 48.8 Å². The average molecular weight is 283 g/mol. The Morgan fingerprint density at radius 1 is 1.33 bits per heavy atom. The molecule has 1 amide bonds. The van der Waals surface area contributed by atoms with Crippen LogP contribution in [0, 0.1) is 5.41 Å². The molecule has 1 heterocycles. The fourth-order valence-electron chi connectivity index (χ4n) is 3.00. The molecule has 3 rings (SSSR count). The maximum atomic E-state index is 12.5.